The zero-order valence-electron chi connectivity index (χ0n) is 17.9. The van der Waals surface area contributed by atoms with Crippen LogP contribution < -0.4 is 11.2 Å². The van der Waals surface area contributed by atoms with Crippen molar-refractivity contribution in [3.05, 3.63) is 91.0 Å². The molecule has 0 amide bonds. The molecule has 3 aromatic rings. The molecule has 1 aliphatic rings. The van der Waals surface area contributed by atoms with Crippen molar-refractivity contribution in [2.45, 2.75) is 52.7 Å². The first-order valence-electron chi connectivity index (χ1n) is 10.4. The maximum Gasteiger partial charge on any atom is 0.331 e. The number of aromatic nitrogens is 3. The monoisotopic (exact) mass is 416 g/mol. The van der Waals surface area contributed by atoms with Gasteiger partial charge in [0.15, 0.2) is 5.78 Å². The summed E-state index contributed by atoms with van der Waals surface area (Å²) < 4.78 is 4.44. The predicted molar refractivity (Wildman–Crippen MR) is 116 cm³/mol. The van der Waals surface area contributed by atoms with Crippen LogP contribution in [0.2, 0.25) is 0 Å². The van der Waals surface area contributed by atoms with E-state index in [4.69, 9.17) is 0 Å². The molecule has 158 valence electrons. The lowest BCUT2D eigenvalue weighted by Gasteiger charge is -2.19. The number of nitrogens with zero attached hydrogens (tertiary/aromatic N) is 4. The molecule has 0 bridgehead atoms. The Morgan fingerprint density at radius 2 is 1.90 bits per heavy atom. The number of hydrogen-bond acceptors (Lipinski definition) is 4. The Labute approximate surface area is 179 Å². The highest BCUT2D eigenvalue weighted by atomic mass is 16.2. The third kappa shape index (κ3) is 3.34. The predicted octanol–water partition coefficient (Wildman–Crippen LogP) is 2.74. The number of carbonyl (C=O) groups excluding carboxylic acids is 1. The minimum absolute atomic E-state index is 0.0290. The van der Waals surface area contributed by atoms with E-state index in [0.717, 1.165) is 21.5 Å². The molecule has 4 rings (SSSR count). The Balaban J connectivity index is 1.73. The second kappa shape index (κ2) is 7.88. The molecule has 0 saturated heterocycles. The first-order valence-corrected chi connectivity index (χ1v) is 10.4. The SMILES string of the molecule is Cc1cc(C(=O)Cn2c(=O)c(C#N)c3n(c2=O)CCC3)c(C)n1[C@@H](C)c1ccccc1. The standard InChI is InChI=1S/C24H24N4O3/c1-15-12-19(17(3)28(15)16(2)18-8-5-4-6-9-18)22(29)14-27-23(30)20(13-25)21-10-7-11-26(21)24(27)31/h4-6,8-9,12,16H,7,10-11,14H2,1-3H3/t16-/m0/s1. The van der Waals surface area contributed by atoms with E-state index in [1.54, 1.807) is 6.07 Å². The largest absolute Gasteiger partial charge is 0.341 e. The smallest absolute Gasteiger partial charge is 0.331 e. The highest BCUT2D eigenvalue weighted by Gasteiger charge is 2.25. The molecule has 0 N–H and O–H groups in total. The normalized spacial score (nSPS) is 13.6. The summed E-state index contributed by atoms with van der Waals surface area (Å²) in [5.74, 6) is -0.318. The molecule has 1 atom stereocenters. The topological polar surface area (TPSA) is 89.8 Å². The second-order valence-electron chi connectivity index (χ2n) is 8.03. The van der Waals surface area contributed by atoms with Crippen molar-refractivity contribution in [2.75, 3.05) is 0 Å². The summed E-state index contributed by atoms with van der Waals surface area (Å²) in [4.78, 5) is 38.8. The average molecular weight is 416 g/mol. The summed E-state index contributed by atoms with van der Waals surface area (Å²) in [7, 11) is 0. The summed E-state index contributed by atoms with van der Waals surface area (Å²) in [6, 6.07) is 13.8. The van der Waals surface area contributed by atoms with Gasteiger partial charge in [-0.2, -0.15) is 5.26 Å². The van der Waals surface area contributed by atoms with Crippen LogP contribution in [0.15, 0.2) is 46.0 Å². The number of hydrogen-bond donors (Lipinski definition) is 0. The van der Waals surface area contributed by atoms with E-state index in [0.29, 0.717) is 30.6 Å². The van der Waals surface area contributed by atoms with E-state index in [1.165, 1.54) is 4.57 Å². The van der Waals surface area contributed by atoms with E-state index < -0.39 is 11.2 Å². The zero-order chi connectivity index (χ0) is 22.3. The summed E-state index contributed by atoms with van der Waals surface area (Å²) >= 11 is 0. The van der Waals surface area contributed by atoms with E-state index >= 15 is 0 Å². The molecule has 1 aromatic carbocycles. The van der Waals surface area contributed by atoms with Gasteiger partial charge in [0.25, 0.3) is 5.56 Å². The van der Waals surface area contributed by atoms with Crippen LogP contribution in [0.1, 0.15) is 58.0 Å². The van der Waals surface area contributed by atoms with Crippen molar-refractivity contribution in [2.24, 2.45) is 0 Å². The number of benzene rings is 1. The number of rotatable bonds is 5. The fourth-order valence-electron chi connectivity index (χ4n) is 4.65. The Hall–Kier alpha value is -3.66. The summed E-state index contributed by atoms with van der Waals surface area (Å²) in [5, 5.41) is 9.44. The summed E-state index contributed by atoms with van der Waals surface area (Å²) in [6.45, 7) is 5.96. The van der Waals surface area contributed by atoms with Gasteiger partial charge in [0.2, 0.25) is 0 Å². The van der Waals surface area contributed by atoms with Crippen molar-refractivity contribution in [1.29, 1.82) is 5.26 Å². The molecule has 7 heteroatoms. The summed E-state index contributed by atoms with van der Waals surface area (Å²) in [5.41, 5.74) is 2.56. The van der Waals surface area contributed by atoms with Gasteiger partial charge < -0.3 is 4.57 Å². The second-order valence-corrected chi connectivity index (χ2v) is 8.03. The number of carbonyl (C=O) groups is 1. The van der Waals surface area contributed by atoms with Crippen molar-refractivity contribution in [3.63, 3.8) is 0 Å². The van der Waals surface area contributed by atoms with Crippen LogP contribution in [-0.4, -0.2) is 19.5 Å². The van der Waals surface area contributed by atoms with Gasteiger partial charge in [0.05, 0.1) is 12.6 Å². The van der Waals surface area contributed by atoms with Crippen LogP contribution in [0, 0.1) is 25.2 Å². The Bertz CT molecular complexity index is 1340. The lowest BCUT2D eigenvalue weighted by Crippen LogP contribution is -2.43. The molecule has 0 unspecified atom stereocenters. The van der Waals surface area contributed by atoms with Crippen molar-refractivity contribution in [3.8, 4) is 6.07 Å². The van der Waals surface area contributed by atoms with Crippen LogP contribution >= 0.6 is 0 Å². The minimum Gasteiger partial charge on any atom is -0.341 e. The molecular formula is C24H24N4O3. The van der Waals surface area contributed by atoms with Crippen LogP contribution in [0.3, 0.4) is 0 Å². The van der Waals surface area contributed by atoms with Gasteiger partial charge in [-0.25, -0.2) is 4.79 Å². The van der Waals surface area contributed by atoms with Crippen molar-refractivity contribution < 1.29 is 4.79 Å². The number of fused-ring (bicyclic) bond motifs is 1. The lowest BCUT2D eigenvalue weighted by molar-refractivity contribution is 0.0967. The first-order chi connectivity index (χ1) is 14.8. The molecule has 2 aromatic heterocycles. The molecule has 1 aliphatic heterocycles. The minimum atomic E-state index is -0.680. The highest BCUT2D eigenvalue weighted by Crippen LogP contribution is 2.26. The quantitative estimate of drug-likeness (QED) is 0.598. The summed E-state index contributed by atoms with van der Waals surface area (Å²) in [6.07, 6.45) is 1.24. The highest BCUT2D eigenvalue weighted by molar-refractivity contribution is 5.97. The molecule has 0 aliphatic carbocycles. The van der Waals surface area contributed by atoms with Crippen LogP contribution in [-0.2, 0) is 19.5 Å². The lowest BCUT2D eigenvalue weighted by atomic mass is 10.1. The Kier molecular flexibility index (Phi) is 5.24. The fourth-order valence-corrected chi connectivity index (χ4v) is 4.65. The van der Waals surface area contributed by atoms with Crippen LogP contribution in [0.4, 0.5) is 0 Å². The van der Waals surface area contributed by atoms with Gasteiger partial charge in [0.1, 0.15) is 11.6 Å². The number of Topliss-reactive ketones (excluding diaryl/α,β-unsaturated/α-hetero) is 1. The molecule has 31 heavy (non-hydrogen) atoms. The molecule has 0 spiro atoms. The molecule has 0 radical (unpaired) electrons. The fraction of sp³-hybridized carbons (Fsp3) is 0.333. The van der Waals surface area contributed by atoms with Gasteiger partial charge in [-0.3, -0.25) is 18.7 Å². The van der Waals surface area contributed by atoms with Crippen LogP contribution in [0.5, 0.6) is 0 Å². The maximum atomic E-state index is 13.2. The van der Waals surface area contributed by atoms with Crippen molar-refractivity contribution in [1.82, 2.24) is 13.7 Å². The van der Waals surface area contributed by atoms with E-state index in [1.807, 2.05) is 50.2 Å². The Morgan fingerprint density at radius 1 is 1.19 bits per heavy atom. The molecular weight excluding hydrogens is 392 g/mol. The molecule has 3 heterocycles. The van der Waals surface area contributed by atoms with Gasteiger partial charge in [0, 0.05) is 29.2 Å². The third-order valence-electron chi connectivity index (χ3n) is 6.20. The first kappa shape index (κ1) is 20.6. The average Bonchev–Trinajstić information content (AvgIpc) is 3.36. The molecule has 7 nitrogen and oxygen atoms in total. The number of ketones is 1. The van der Waals surface area contributed by atoms with Gasteiger partial charge in [-0.1, -0.05) is 30.3 Å². The van der Waals surface area contributed by atoms with E-state index in [2.05, 4.69) is 11.5 Å². The number of aryl methyl sites for hydroxylation is 1. The Morgan fingerprint density at radius 3 is 2.58 bits per heavy atom. The third-order valence-corrected chi connectivity index (χ3v) is 6.20. The van der Waals surface area contributed by atoms with E-state index in [9.17, 15) is 19.6 Å². The zero-order valence-corrected chi connectivity index (χ0v) is 17.9. The molecule has 0 saturated carbocycles. The van der Waals surface area contributed by atoms with Gasteiger partial charge >= 0.3 is 5.69 Å². The number of nitriles is 1. The van der Waals surface area contributed by atoms with Gasteiger partial charge in [-0.15, -0.1) is 0 Å². The van der Waals surface area contributed by atoms with Gasteiger partial charge in [-0.05, 0) is 45.2 Å². The molecule has 0 fully saturated rings. The van der Waals surface area contributed by atoms with E-state index in [-0.39, 0.29) is 23.9 Å². The maximum absolute atomic E-state index is 13.2. The van der Waals surface area contributed by atoms with Crippen LogP contribution in [0.25, 0.3) is 0 Å². The van der Waals surface area contributed by atoms with Crippen molar-refractivity contribution >= 4 is 5.78 Å².